The molecule has 10 heteroatoms. The van der Waals surface area contributed by atoms with Crippen LogP contribution in [-0.4, -0.2) is 47.3 Å². The predicted octanol–water partition coefficient (Wildman–Crippen LogP) is 1.82. The zero-order valence-corrected chi connectivity index (χ0v) is 18.1. The number of piperidine rings is 1. The van der Waals surface area contributed by atoms with E-state index in [1.807, 2.05) is 24.3 Å². The number of carbonyl (C=O) groups is 2. The van der Waals surface area contributed by atoms with Gasteiger partial charge in [-0.15, -0.1) is 4.72 Å². The fourth-order valence-corrected chi connectivity index (χ4v) is 4.85. The van der Waals surface area contributed by atoms with Crippen LogP contribution >= 0.6 is 0 Å². The van der Waals surface area contributed by atoms with Crippen molar-refractivity contribution in [2.75, 3.05) is 29.9 Å². The number of nitrogens with one attached hydrogen (secondary N) is 3. The van der Waals surface area contributed by atoms with E-state index in [9.17, 15) is 14.1 Å². The van der Waals surface area contributed by atoms with E-state index in [4.69, 9.17) is 9.94 Å². The lowest BCUT2D eigenvalue weighted by Gasteiger charge is -2.34. The number of benzene rings is 2. The predicted molar refractivity (Wildman–Crippen MR) is 121 cm³/mol. The Bertz CT molecular complexity index is 1020. The third-order valence-electron chi connectivity index (χ3n) is 5.37. The third-order valence-corrected chi connectivity index (χ3v) is 6.60. The van der Waals surface area contributed by atoms with E-state index in [2.05, 4.69) is 14.9 Å². The summed E-state index contributed by atoms with van der Waals surface area (Å²) in [6, 6.07) is 12.9. The number of ether oxygens (including phenoxy) is 1. The van der Waals surface area contributed by atoms with Gasteiger partial charge < -0.3 is 19.5 Å². The second-order valence-corrected chi connectivity index (χ2v) is 8.76. The van der Waals surface area contributed by atoms with E-state index in [0.717, 1.165) is 37.2 Å². The normalized spacial score (nSPS) is 17.4. The number of hydrogen-bond donors (Lipinski definition) is 4. The highest BCUT2D eigenvalue weighted by atomic mass is 32.2. The maximum atomic E-state index is 12.8. The number of hydrogen-bond acceptors (Lipinski definition) is 7. The summed E-state index contributed by atoms with van der Waals surface area (Å²) in [4.78, 5) is 25.6. The Balaban J connectivity index is 1.36. The minimum atomic E-state index is -1.41. The monoisotopic (exact) mass is 456 g/mol. The molecule has 4 rings (SSSR count). The van der Waals surface area contributed by atoms with Gasteiger partial charge in [-0.25, -0.2) is 5.48 Å². The van der Waals surface area contributed by atoms with Gasteiger partial charge in [-0.2, -0.15) is 0 Å². The van der Waals surface area contributed by atoms with Crippen LogP contribution in [0.3, 0.4) is 0 Å². The minimum absolute atomic E-state index is 0.0141. The lowest BCUT2D eigenvalue weighted by atomic mass is 10.0. The van der Waals surface area contributed by atoms with E-state index in [1.165, 1.54) is 6.08 Å². The van der Waals surface area contributed by atoms with Crippen molar-refractivity contribution >= 4 is 40.6 Å². The van der Waals surface area contributed by atoms with Gasteiger partial charge in [0.15, 0.2) is 11.5 Å². The molecule has 1 saturated heterocycles. The van der Waals surface area contributed by atoms with Crippen LogP contribution in [0.25, 0.3) is 6.08 Å². The fraction of sp³-hybridized carbons (Fsp3) is 0.273. The molecule has 168 valence electrons. The number of fused-ring (bicyclic) bond motifs is 1. The van der Waals surface area contributed by atoms with Gasteiger partial charge in [0.1, 0.15) is 5.75 Å². The fourth-order valence-electron chi connectivity index (χ4n) is 3.75. The number of para-hydroxylation sites is 1. The molecule has 1 atom stereocenters. The molecule has 1 fully saturated rings. The van der Waals surface area contributed by atoms with Crippen LogP contribution in [0, 0.1) is 0 Å². The van der Waals surface area contributed by atoms with Crippen LogP contribution in [0.4, 0.5) is 11.4 Å². The topological polar surface area (TPSA) is 126 Å². The van der Waals surface area contributed by atoms with Crippen molar-refractivity contribution in [2.24, 2.45) is 0 Å². The van der Waals surface area contributed by atoms with Gasteiger partial charge >= 0.3 is 0 Å². The molecule has 2 aromatic carbocycles. The van der Waals surface area contributed by atoms with Crippen molar-refractivity contribution < 1.29 is 24.1 Å². The molecule has 0 saturated carbocycles. The van der Waals surface area contributed by atoms with Gasteiger partial charge in [-0.05, 0) is 42.7 Å². The maximum absolute atomic E-state index is 12.8. The Kier molecular flexibility index (Phi) is 6.96. The summed E-state index contributed by atoms with van der Waals surface area (Å²) in [6.45, 7) is 1.51. The Morgan fingerprint density at radius 2 is 2.03 bits per heavy atom. The van der Waals surface area contributed by atoms with Gasteiger partial charge in [0.05, 0.1) is 23.1 Å². The van der Waals surface area contributed by atoms with Crippen LogP contribution in [-0.2, 0) is 21.0 Å². The molecule has 1 unspecified atom stereocenters. The average Bonchev–Trinajstić information content (AvgIpc) is 2.82. The first kappa shape index (κ1) is 22.2. The molecule has 0 aromatic heterocycles. The molecular weight excluding hydrogens is 432 g/mol. The standard InChI is InChI=1S/C22H24N4O5S/c27-21(24-29)8-5-15-3-1-2-4-19(15)26-11-9-16(10-12-26)25-32(30)17-6-7-20-18(13-17)23-22(28)14-31-20/h1-8,13,16,25,29H,9-12,14H2,(H,23,28)(H,24,27)/b8-5+. The number of amides is 2. The van der Waals surface area contributed by atoms with E-state index in [-0.39, 0.29) is 18.6 Å². The van der Waals surface area contributed by atoms with Crippen LogP contribution in [0.5, 0.6) is 5.75 Å². The number of hydroxylamine groups is 1. The van der Waals surface area contributed by atoms with Gasteiger partial charge in [-0.1, -0.05) is 18.2 Å². The zero-order valence-electron chi connectivity index (χ0n) is 17.2. The lowest BCUT2D eigenvalue weighted by Crippen LogP contribution is -2.44. The number of anilines is 2. The van der Waals surface area contributed by atoms with Crippen molar-refractivity contribution in [1.82, 2.24) is 10.2 Å². The molecule has 0 spiro atoms. The van der Waals surface area contributed by atoms with Gasteiger partial charge in [0.2, 0.25) is 0 Å². The summed E-state index contributed by atoms with van der Waals surface area (Å²) in [7, 11) is 0. The lowest BCUT2D eigenvalue weighted by molar-refractivity contribution is -0.124. The Hall–Kier alpha value is -3.05. The van der Waals surface area contributed by atoms with Crippen molar-refractivity contribution in [1.29, 1.82) is 0 Å². The molecule has 2 aliphatic heterocycles. The second kappa shape index (κ2) is 10.0. The Morgan fingerprint density at radius 1 is 1.25 bits per heavy atom. The smallest absolute Gasteiger partial charge is 0.267 e. The highest BCUT2D eigenvalue weighted by molar-refractivity contribution is 7.89. The molecular formula is C22H24N4O5S. The molecule has 2 amide bonds. The van der Waals surface area contributed by atoms with Crippen LogP contribution < -0.4 is 25.2 Å². The average molecular weight is 457 g/mol. The molecule has 2 aromatic rings. The summed E-state index contributed by atoms with van der Waals surface area (Å²) in [5.74, 6) is -0.241. The second-order valence-electron chi connectivity index (χ2n) is 7.51. The molecule has 9 nitrogen and oxygen atoms in total. The number of carbonyl (C=O) groups excluding carboxylic acids is 2. The molecule has 0 bridgehead atoms. The summed E-state index contributed by atoms with van der Waals surface area (Å²) >= 11 is -1.41. The summed E-state index contributed by atoms with van der Waals surface area (Å²) < 4.78 is 21.4. The minimum Gasteiger partial charge on any atom is -0.593 e. The Morgan fingerprint density at radius 3 is 2.81 bits per heavy atom. The molecule has 2 heterocycles. The van der Waals surface area contributed by atoms with Crippen molar-refractivity contribution in [3.8, 4) is 5.75 Å². The van der Waals surface area contributed by atoms with E-state index in [1.54, 1.807) is 29.8 Å². The highest BCUT2D eigenvalue weighted by Crippen LogP contribution is 2.31. The van der Waals surface area contributed by atoms with E-state index >= 15 is 0 Å². The molecule has 2 aliphatic rings. The summed E-state index contributed by atoms with van der Waals surface area (Å²) in [5, 5.41) is 11.4. The van der Waals surface area contributed by atoms with Crippen molar-refractivity contribution in [2.45, 2.75) is 23.8 Å². The maximum Gasteiger partial charge on any atom is 0.267 e. The highest BCUT2D eigenvalue weighted by Gasteiger charge is 2.26. The molecule has 32 heavy (non-hydrogen) atoms. The quantitative estimate of drug-likeness (QED) is 0.226. The van der Waals surface area contributed by atoms with Crippen LogP contribution in [0.1, 0.15) is 18.4 Å². The molecule has 0 aliphatic carbocycles. The van der Waals surface area contributed by atoms with Crippen molar-refractivity contribution in [3.63, 3.8) is 0 Å². The Labute approximate surface area is 188 Å². The van der Waals surface area contributed by atoms with Crippen LogP contribution in [0.2, 0.25) is 0 Å². The number of rotatable bonds is 6. The van der Waals surface area contributed by atoms with Gasteiger partial charge in [0, 0.05) is 30.9 Å². The largest absolute Gasteiger partial charge is 0.593 e. The van der Waals surface area contributed by atoms with Gasteiger partial charge in [-0.3, -0.25) is 14.8 Å². The number of nitrogens with zero attached hydrogens (tertiary/aromatic N) is 1. The first-order valence-corrected chi connectivity index (χ1v) is 11.4. The SMILES string of the molecule is O=C(/C=C/c1ccccc1N1CCC(N[S+]([O-])c2ccc3c(c2)NC(=O)CO3)CC1)NO. The first-order valence-electron chi connectivity index (χ1n) is 10.2. The molecule has 0 radical (unpaired) electrons. The summed E-state index contributed by atoms with van der Waals surface area (Å²) in [6.07, 6.45) is 4.54. The van der Waals surface area contributed by atoms with Crippen molar-refractivity contribution in [3.05, 3.63) is 54.1 Å². The molecule has 4 N–H and O–H groups in total. The van der Waals surface area contributed by atoms with Gasteiger partial charge in [0.25, 0.3) is 11.8 Å². The van der Waals surface area contributed by atoms with E-state index < -0.39 is 17.3 Å². The first-order chi connectivity index (χ1) is 15.5. The van der Waals surface area contributed by atoms with E-state index in [0.29, 0.717) is 16.3 Å². The zero-order chi connectivity index (χ0) is 22.5. The van der Waals surface area contributed by atoms with Crippen LogP contribution in [0.15, 0.2) is 53.4 Å². The third kappa shape index (κ3) is 5.22. The summed E-state index contributed by atoms with van der Waals surface area (Å²) in [5.41, 5.74) is 4.00.